The quantitative estimate of drug-likeness (QED) is 0.136. The Bertz CT molecular complexity index is 1550. The van der Waals surface area contributed by atoms with Crippen molar-refractivity contribution in [3.05, 3.63) is 89.2 Å². The first-order valence-electron chi connectivity index (χ1n) is 11.8. The van der Waals surface area contributed by atoms with E-state index < -0.39 is 23.5 Å². The first-order chi connectivity index (χ1) is 17.9. The number of phenols is 1. The molecule has 0 spiro atoms. The molecule has 1 saturated heterocycles. The Labute approximate surface area is 216 Å². The summed E-state index contributed by atoms with van der Waals surface area (Å²) < 4.78 is 20.0. The maximum Gasteiger partial charge on any atom is 0.301 e. The minimum atomic E-state index is -1.07. The number of phenolic OH excluding ortho intramolecular Hbond substituents is 1. The summed E-state index contributed by atoms with van der Waals surface area (Å²) in [6, 6.07) is 15.8. The van der Waals surface area contributed by atoms with Gasteiger partial charge < -0.3 is 14.9 Å². The van der Waals surface area contributed by atoms with Gasteiger partial charge in [0.25, 0.3) is 5.78 Å². The molecular formula is C28H23FN2O5S. The molecule has 1 aliphatic rings. The number of aromatic hydroxyl groups is 1. The van der Waals surface area contributed by atoms with Crippen LogP contribution in [0.15, 0.2) is 72.3 Å². The maximum absolute atomic E-state index is 13.8. The number of halogens is 1. The highest BCUT2D eigenvalue weighted by Gasteiger charge is 2.48. The number of ketones is 1. The molecule has 3 aromatic carbocycles. The van der Waals surface area contributed by atoms with Crippen molar-refractivity contribution in [3.8, 4) is 11.5 Å². The van der Waals surface area contributed by atoms with Gasteiger partial charge in [-0.2, -0.15) is 0 Å². The van der Waals surface area contributed by atoms with Gasteiger partial charge in [0.15, 0.2) is 5.13 Å². The van der Waals surface area contributed by atoms with Crippen LogP contribution in [-0.2, 0) is 9.59 Å². The molecule has 1 fully saturated rings. The molecule has 37 heavy (non-hydrogen) atoms. The number of fused-ring (bicyclic) bond motifs is 1. The molecule has 9 heteroatoms. The third-order valence-electron chi connectivity index (χ3n) is 6.05. The lowest BCUT2D eigenvalue weighted by molar-refractivity contribution is -0.132. The van der Waals surface area contributed by atoms with Gasteiger partial charge in [0.1, 0.15) is 23.1 Å². The van der Waals surface area contributed by atoms with Crippen molar-refractivity contribution in [2.75, 3.05) is 11.5 Å². The Balaban J connectivity index is 1.65. The number of aliphatic hydroxyl groups excluding tert-OH is 1. The number of carbonyl (C=O) groups excluding carboxylic acids is 2. The van der Waals surface area contributed by atoms with Crippen molar-refractivity contribution >= 4 is 44.1 Å². The summed E-state index contributed by atoms with van der Waals surface area (Å²) in [6.45, 7) is 2.56. The number of aromatic nitrogens is 1. The van der Waals surface area contributed by atoms with Crippen LogP contribution in [0.1, 0.15) is 36.9 Å². The van der Waals surface area contributed by atoms with E-state index in [-0.39, 0.29) is 22.2 Å². The Morgan fingerprint density at radius 3 is 2.70 bits per heavy atom. The number of aliphatic hydroxyl groups is 1. The molecule has 5 rings (SSSR count). The lowest BCUT2D eigenvalue weighted by Crippen LogP contribution is -2.29. The minimum absolute atomic E-state index is 0.0687. The number of amides is 1. The second kappa shape index (κ2) is 10.0. The van der Waals surface area contributed by atoms with Gasteiger partial charge in [-0.1, -0.05) is 48.9 Å². The number of hydrogen-bond donors (Lipinski definition) is 2. The average molecular weight is 519 g/mol. The van der Waals surface area contributed by atoms with Gasteiger partial charge in [0.05, 0.1) is 28.4 Å². The first kappa shape index (κ1) is 24.5. The zero-order valence-corrected chi connectivity index (χ0v) is 20.7. The van der Waals surface area contributed by atoms with Gasteiger partial charge in [-0.15, -0.1) is 0 Å². The zero-order valence-electron chi connectivity index (χ0n) is 19.8. The highest BCUT2D eigenvalue weighted by Crippen LogP contribution is 2.45. The van der Waals surface area contributed by atoms with E-state index >= 15 is 0 Å². The molecule has 1 amide bonds. The smallest absolute Gasteiger partial charge is 0.301 e. The molecule has 2 N–H and O–H groups in total. The Kier molecular flexibility index (Phi) is 6.62. The van der Waals surface area contributed by atoms with Gasteiger partial charge >= 0.3 is 5.91 Å². The molecule has 188 valence electrons. The van der Waals surface area contributed by atoms with Gasteiger partial charge in [-0.3, -0.25) is 14.5 Å². The molecular weight excluding hydrogens is 495 g/mol. The van der Waals surface area contributed by atoms with Gasteiger partial charge in [0, 0.05) is 5.56 Å². The fourth-order valence-corrected chi connectivity index (χ4v) is 5.27. The van der Waals surface area contributed by atoms with Crippen molar-refractivity contribution in [2.24, 2.45) is 0 Å². The number of carbonyl (C=O) groups is 2. The summed E-state index contributed by atoms with van der Waals surface area (Å²) >= 11 is 1.06. The number of Topliss-reactive ketones (excluding diaryl/α,β-unsaturated/α-hetero) is 1. The van der Waals surface area contributed by atoms with E-state index in [1.807, 2.05) is 6.92 Å². The Morgan fingerprint density at radius 2 is 1.92 bits per heavy atom. The first-order valence-corrected chi connectivity index (χ1v) is 12.6. The van der Waals surface area contributed by atoms with E-state index in [0.717, 1.165) is 24.2 Å². The van der Waals surface area contributed by atoms with E-state index in [1.165, 1.54) is 35.2 Å². The number of hydrogen-bond acceptors (Lipinski definition) is 7. The topological polar surface area (TPSA) is 100.0 Å². The number of rotatable bonds is 7. The van der Waals surface area contributed by atoms with Crippen LogP contribution in [0.25, 0.3) is 16.0 Å². The standard InChI is InChI=1S/C28H23FN2O5S/c1-2-3-12-36-20-9-5-7-17(14-20)25(33)23-24(16-6-4-8-19(32)13-16)31(27(35)26(23)34)28-30-21-11-10-18(29)15-22(21)37-28/h4-11,13-15,24,32-33H,2-3,12H2,1H3. The molecule has 0 radical (unpaired) electrons. The fraction of sp³-hybridized carbons (Fsp3) is 0.179. The predicted octanol–water partition coefficient (Wildman–Crippen LogP) is 5.95. The van der Waals surface area contributed by atoms with Crippen LogP contribution in [0.5, 0.6) is 11.5 Å². The van der Waals surface area contributed by atoms with Crippen LogP contribution in [0, 0.1) is 5.82 Å². The highest BCUT2D eigenvalue weighted by atomic mass is 32.1. The van der Waals surface area contributed by atoms with E-state index in [4.69, 9.17) is 4.74 Å². The van der Waals surface area contributed by atoms with E-state index in [2.05, 4.69) is 4.98 Å². The minimum Gasteiger partial charge on any atom is -0.508 e. The van der Waals surface area contributed by atoms with Crippen LogP contribution in [0.3, 0.4) is 0 Å². The number of unbranched alkanes of at least 4 members (excludes halogenated alkanes) is 1. The normalized spacial score (nSPS) is 17.0. The molecule has 2 heterocycles. The monoisotopic (exact) mass is 518 g/mol. The number of benzene rings is 3. The second-order valence-electron chi connectivity index (χ2n) is 8.60. The average Bonchev–Trinajstić information content (AvgIpc) is 3.41. The van der Waals surface area contributed by atoms with Crippen molar-refractivity contribution in [2.45, 2.75) is 25.8 Å². The van der Waals surface area contributed by atoms with E-state index in [9.17, 15) is 24.2 Å². The molecule has 0 bridgehead atoms. The summed E-state index contributed by atoms with van der Waals surface area (Å²) in [6.07, 6.45) is 1.83. The molecule has 0 saturated carbocycles. The number of thiazole rings is 1. The Hall–Kier alpha value is -4.24. The van der Waals surface area contributed by atoms with Crippen molar-refractivity contribution in [3.63, 3.8) is 0 Å². The van der Waals surface area contributed by atoms with Crippen LogP contribution < -0.4 is 9.64 Å². The second-order valence-corrected chi connectivity index (χ2v) is 9.61. The van der Waals surface area contributed by atoms with Crippen LogP contribution in [0.2, 0.25) is 0 Å². The van der Waals surface area contributed by atoms with Crippen molar-refractivity contribution < 1.29 is 28.9 Å². The highest BCUT2D eigenvalue weighted by molar-refractivity contribution is 7.22. The van der Waals surface area contributed by atoms with Crippen LogP contribution in [0.4, 0.5) is 9.52 Å². The van der Waals surface area contributed by atoms with Crippen molar-refractivity contribution in [1.29, 1.82) is 0 Å². The molecule has 1 atom stereocenters. The lowest BCUT2D eigenvalue weighted by atomic mass is 9.95. The molecule has 7 nitrogen and oxygen atoms in total. The number of anilines is 1. The largest absolute Gasteiger partial charge is 0.508 e. The van der Waals surface area contributed by atoms with Gasteiger partial charge in [-0.25, -0.2) is 9.37 Å². The van der Waals surface area contributed by atoms with Crippen LogP contribution in [-0.4, -0.2) is 33.5 Å². The molecule has 4 aromatic rings. The summed E-state index contributed by atoms with van der Waals surface area (Å²) in [5.41, 5.74) is 1.03. The molecule has 0 aliphatic carbocycles. The van der Waals surface area contributed by atoms with Gasteiger partial charge in [0.2, 0.25) is 0 Å². The number of ether oxygens (including phenoxy) is 1. The third-order valence-corrected chi connectivity index (χ3v) is 7.07. The number of nitrogens with zero attached hydrogens (tertiary/aromatic N) is 2. The van der Waals surface area contributed by atoms with E-state index in [1.54, 1.807) is 36.4 Å². The summed E-state index contributed by atoms with van der Waals surface area (Å²) in [5.74, 6) is -2.15. The summed E-state index contributed by atoms with van der Waals surface area (Å²) in [4.78, 5) is 32.3. The predicted molar refractivity (Wildman–Crippen MR) is 139 cm³/mol. The molecule has 1 aromatic heterocycles. The third kappa shape index (κ3) is 4.65. The zero-order chi connectivity index (χ0) is 26.1. The SMILES string of the molecule is CCCCOc1cccc(C(O)=C2C(=O)C(=O)N(c3nc4ccc(F)cc4s3)C2c2cccc(O)c2)c1. The summed E-state index contributed by atoms with van der Waals surface area (Å²) in [7, 11) is 0. The Morgan fingerprint density at radius 1 is 1.11 bits per heavy atom. The van der Waals surface area contributed by atoms with Gasteiger partial charge in [-0.05, 0) is 54.4 Å². The molecule has 1 unspecified atom stereocenters. The van der Waals surface area contributed by atoms with Crippen LogP contribution >= 0.6 is 11.3 Å². The lowest BCUT2D eigenvalue weighted by Gasteiger charge is -2.23. The summed E-state index contributed by atoms with van der Waals surface area (Å²) in [5, 5.41) is 21.7. The molecule has 1 aliphatic heterocycles. The van der Waals surface area contributed by atoms with Crippen molar-refractivity contribution in [1.82, 2.24) is 4.98 Å². The maximum atomic E-state index is 13.8. The fourth-order valence-electron chi connectivity index (χ4n) is 4.25. The van der Waals surface area contributed by atoms with E-state index in [0.29, 0.717) is 33.7 Å².